The number of carbonyl (C=O) groups excluding carboxylic acids is 1. The quantitative estimate of drug-likeness (QED) is 0.880. The molecule has 0 aliphatic heterocycles. The molecule has 2 N–H and O–H groups in total. The molecule has 0 fully saturated rings. The number of hydrogen-bond acceptors (Lipinski definition) is 2. The highest BCUT2D eigenvalue weighted by Crippen LogP contribution is 2.24. The Balaban J connectivity index is 2.25. The van der Waals surface area contributed by atoms with Crippen LogP contribution in [0.4, 0.5) is 10.1 Å². The summed E-state index contributed by atoms with van der Waals surface area (Å²) in [7, 11) is 0. The fourth-order valence-electron chi connectivity index (χ4n) is 1.68. The first kappa shape index (κ1) is 13.4. The largest absolute Gasteiger partial charge is 0.508 e. The van der Waals surface area contributed by atoms with Gasteiger partial charge in [-0.05, 0) is 48.9 Å². The fourth-order valence-corrected chi connectivity index (χ4v) is 1.90. The van der Waals surface area contributed by atoms with Crippen molar-refractivity contribution in [1.82, 2.24) is 0 Å². The third-order valence-electron chi connectivity index (χ3n) is 2.63. The van der Waals surface area contributed by atoms with E-state index in [0.717, 1.165) is 6.07 Å². The second-order valence-corrected chi connectivity index (χ2v) is 4.48. The Hall–Kier alpha value is -2.07. The first-order valence-electron chi connectivity index (χ1n) is 5.53. The monoisotopic (exact) mass is 279 g/mol. The molecule has 0 saturated carbocycles. The van der Waals surface area contributed by atoms with Gasteiger partial charge in [0.1, 0.15) is 11.6 Å². The number of hydrogen-bond donors (Lipinski definition) is 2. The number of halogens is 2. The number of phenolic OH excluding ortho intramolecular Hbond substituents is 1. The standard InChI is InChI=1S/C14H11ClFNO2/c1-8-6-10(18)3-4-11(8)14(19)17-13-5-2-9(16)7-12(13)15/h2-7,18H,1H3,(H,17,19). The number of nitrogens with one attached hydrogen (secondary N) is 1. The predicted octanol–water partition coefficient (Wildman–Crippen LogP) is 3.75. The minimum absolute atomic E-state index is 0.0915. The molecule has 2 aromatic carbocycles. The molecule has 19 heavy (non-hydrogen) atoms. The van der Waals surface area contributed by atoms with Crippen LogP contribution in [0.1, 0.15) is 15.9 Å². The molecular formula is C14H11ClFNO2. The van der Waals surface area contributed by atoms with E-state index in [0.29, 0.717) is 16.8 Å². The fraction of sp³-hybridized carbons (Fsp3) is 0.0714. The van der Waals surface area contributed by atoms with Crippen LogP contribution in [-0.4, -0.2) is 11.0 Å². The minimum atomic E-state index is -0.469. The Bertz CT molecular complexity index is 643. The Morgan fingerprint density at radius 2 is 2.00 bits per heavy atom. The van der Waals surface area contributed by atoms with Crippen molar-refractivity contribution in [3.8, 4) is 5.75 Å². The normalized spacial score (nSPS) is 10.3. The Labute approximate surface area is 114 Å². The van der Waals surface area contributed by atoms with Crippen molar-refractivity contribution in [2.24, 2.45) is 0 Å². The van der Waals surface area contributed by atoms with Crippen molar-refractivity contribution < 1.29 is 14.3 Å². The van der Waals surface area contributed by atoms with Crippen LogP contribution in [0.15, 0.2) is 36.4 Å². The van der Waals surface area contributed by atoms with Crippen LogP contribution >= 0.6 is 11.6 Å². The van der Waals surface area contributed by atoms with E-state index in [1.54, 1.807) is 6.92 Å². The molecule has 2 aromatic rings. The molecule has 0 unspecified atom stereocenters. The maximum absolute atomic E-state index is 12.9. The number of carbonyl (C=O) groups is 1. The lowest BCUT2D eigenvalue weighted by atomic mass is 10.1. The van der Waals surface area contributed by atoms with Crippen molar-refractivity contribution in [3.63, 3.8) is 0 Å². The number of rotatable bonds is 2. The van der Waals surface area contributed by atoms with Gasteiger partial charge < -0.3 is 10.4 Å². The van der Waals surface area contributed by atoms with E-state index < -0.39 is 5.82 Å². The summed E-state index contributed by atoms with van der Waals surface area (Å²) in [4.78, 5) is 12.0. The molecule has 98 valence electrons. The SMILES string of the molecule is Cc1cc(O)ccc1C(=O)Nc1ccc(F)cc1Cl. The first-order chi connectivity index (χ1) is 8.97. The van der Waals surface area contributed by atoms with Gasteiger partial charge in [0.15, 0.2) is 0 Å². The molecule has 0 saturated heterocycles. The van der Waals surface area contributed by atoms with E-state index in [1.165, 1.54) is 30.3 Å². The lowest BCUT2D eigenvalue weighted by molar-refractivity contribution is 0.102. The molecule has 0 radical (unpaired) electrons. The topological polar surface area (TPSA) is 49.3 Å². The summed E-state index contributed by atoms with van der Waals surface area (Å²) in [6.07, 6.45) is 0. The lowest BCUT2D eigenvalue weighted by Gasteiger charge is -2.09. The second kappa shape index (κ2) is 5.28. The van der Waals surface area contributed by atoms with Gasteiger partial charge >= 0.3 is 0 Å². The zero-order valence-corrected chi connectivity index (χ0v) is 10.8. The van der Waals surface area contributed by atoms with Crippen LogP contribution in [-0.2, 0) is 0 Å². The molecule has 0 aromatic heterocycles. The van der Waals surface area contributed by atoms with Gasteiger partial charge in [0.2, 0.25) is 0 Å². The summed E-state index contributed by atoms with van der Waals surface area (Å²) >= 11 is 5.83. The summed E-state index contributed by atoms with van der Waals surface area (Å²) in [5.41, 5.74) is 1.38. The summed E-state index contributed by atoms with van der Waals surface area (Å²) in [6.45, 7) is 1.71. The van der Waals surface area contributed by atoms with E-state index in [2.05, 4.69) is 5.32 Å². The van der Waals surface area contributed by atoms with Crippen LogP contribution in [0.5, 0.6) is 5.75 Å². The molecule has 2 rings (SSSR count). The van der Waals surface area contributed by atoms with Crippen molar-refractivity contribution in [2.45, 2.75) is 6.92 Å². The minimum Gasteiger partial charge on any atom is -0.508 e. The molecular weight excluding hydrogens is 269 g/mol. The van der Waals surface area contributed by atoms with Gasteiger partial charge in [-0.2, -0.15) is 0 Å². The predicted molar refractivity (Wildman–Crippen MR) is 72.2 cm³/mol. The molecule has 5 heteroatoms. The van der Waals surface area contributed by atoms with Gasteiger partial charge in [-0.25, -0.2) is 4.39 Å². The molecule has 3 nitrogen and oxygen atoms in total. The number of amides is 1. The summed E-state index contributed by atoms with van der Waals surface area (Å²) in [6, 6.07) is 8.16. The Morgan fingerprint density at radius 3 is 2.63 bits per heavy atom. The molecule has 0 aliphatic carbocycles. The number of benzene rings is 2. The molecule has 1 amide bonds. The zero-order chi connectivity index (χ0) is 14.0. The highest BCUT2D eigenvalue weighted by atomic mass is 35.5. The maximum atomic E-state index is 12.9. The van der Waals surface area contributed by atoms with Gasteiger partial charge in [-0.15, -0.1) is 0 Å². The van der Waals surface area contributed by atoms with Gasteiger partial charge in [0.25, 0.3) is 5.91 Å². The van der Waals surface area contributed by atoms with Gasteiger partial charge in [0.05, 0.1) is 10.7 Å². The molecule has 0 bridgehead atoms. The van der Waals surface area contributed by atoms with E-state index in [4.69, 9.17) is 11.6 Å². The third-order valence-corrected chi connectivity index (χ3v) is 2.95. The van der Waals surface area contributed by atoms with Crippen molar-refractivity contribution in [3.05, 3.63) is 58.4 Å². The lowest BCUT2D eigenvalue weighted by Crippen LogP contribution is -2.13. The molecule has 0 spiro atoms. The number of phenols is 1. The molecule has 0 aliphatic rings. The Morgan fingerprint density at radius 1 is 1.26 bits per heavy atom. The highest BCUT2D eigenvalue weighted by Gasteiger charge is 2.11. The maximum Gasteiger partial charge on any atom is 0.255 e. The smallest absolute Gasteiger partial charge is 0.255 e. The average molecular weight is 280 g/mol. The van der Waals surface area contributed by atoms with Crippen molar-refractivity contribution in [1.29, 1.82) is 0 Å². The number of aromatic hydroxyl groups is 1. The summed E-state index contributed by atoms with van der Waals surface area (Å²) in [5, 5.41) is 12.0. The average Bonchev–Trinajstić information content (AvgIpc) is 2.32. The van der Waals surface area contributed by atoms with Crippen LogP contribution in [0.3, 0.4) is 0 Å². The van der Waals surface area contributed by atoms with Crippen LogP contribution in [0.2, 0.25) is 5.02 Å². The van der Waals surface area contributed by atoms with Gasteiger partial charge in [-0.1, -0.05) is 11.6 Å². The molecule has 0 heterocycles. The molecule has 0 atom stereocenters. The van der Waals surface area contributed by atoms with Crippen molar-refractivity contribution >= 4 is 23.2 Å². The van der Waals surface area contributed by atoms with Crippen molar-refractivity contribution in [2.75, 3.05) is 5.32 Å². The highest BCUT2D eigenvalue weighted by molar-refractivity contribution is 6.33. The van der Waals surface area contributed by atoms with E-state index in [-0.39, 0.29) is 16.7 Å². The van der Waals surface area contributed by atoms with Gasteiger partial charge in [-0.3, -0.25) is 4.79 Å². The summed E-state index contributed by atoms with van der Waals surface area (Å²) in [5.74, 6) is -0.747. The van der Waals surface area contributed by atoms with E-state index >= 15 is 0 Å². The van der Waals surface area contributed by atoms with Crippen LogP contribution in [0.25, 0.3) is 0 Å². The van der Waals surface area contributed by atoms with E-state index in [1.807, 2.05) is 0 Å². The third kappa shape index (κ3) is 3.03. The second-order valence-electron chi connectivity index (χ2n) is 4.08. The van der Waals surface area contributed by atoms with Crippen LogP contribution < -0.4 is 5.32 Å². The van der Waals surface area contributed by atoms with E-state index in [9.17, 15) is 14.3 Å². The first-order valence-corrected chi connectivity index (χ1v) is 5.91. The number of anilines is 1. The summed E-state index contributed by atoms with van der Waals surface area (Å²) < 4.78 is 12.9. The van der Waals surface area contributed by atoms with Crippen LogP contribution in [0, 0.1) is 12.7 Å². The number of aryl methyl sites for hydroxylation is 1. The Kier molecular flexibility index (Phi) is 3.71. The zero-order valence-electron chi connectivity index (χ0n) is 10.1. The van der Waals surface area contributed by atoms with Gasteiger partial charge in [0, 0.05) is 5.56 Å².